The van der Waals surface area contributed by atoms with E-state index in [1.807, 2.05) is 11.3 Å². The van der Waals surface area contributed by atoms with E-state index in [-0.39, 0.29) is 0 Å². The molecule has 108 valence electrons. The highest BCUT2D eigenvalue weighted by Gasteiger charge is 2.12. The highest BCUT2D eigenvalue weighted by molar-refractivity contribution is 7.26. The summed E-state index contributed by atoms with van der Waals surface area (Å²) in [5.41, 5.74) is 3.88. The predicted octanol–water partition coefficient (Wildman–Crippen LogP) is 5.79. The molecule has 2 heteroatoms. The summed E-state index contributed by atoms with van der Waals surface area (Å²) in [6, 6.07) is 23.9. The van der Waals surface area contributed by atoms with E-state index in [2.05, 4.69) is 85.7 Å². The number of para-hydroxylation sites is 1. The number of hydrogen-bond acceptors (Lipinski definition) is 2. The van der Waals surface area contributed by atoms with Crippen LogP contribution in [-0.4, -0.2) is 14.1 Å². The molecule has 0 aliphatic heterocycles. The minimum atomic E-state index is 1.26. The fourth-order valence-corrected chi connectivity index (χ4v) is 4.28. The van der Waals surface area contributed by atoms with Crippen molar-refractivity contribution in [1.82, 2.24) is 0 Å². The first-order valence-electron chi connectivity index (χ1n) is 7.42. The Morgan fingerprint density at radius 2 is 1.36 bits per heavy atom. The lowest BCUT2D eigenvalue weighted by Gasteiger charge is -2.17. The van der Waals surface area contributed by atoms with E-state index >= 15 is 0 Å². The SMILES string of the molecule is CN(C)c1ccccc1-c1cccc2c1sc1ccccc12. The molecule has 0 aliphatic carbocycles. The largest absolute Gasteiger partial charge is 0.377 e. The van der Waals surface area contributed by atoms with Crippen molar-refractivity contribution in [3.8, 4) is 11.1 Å². The van der Waals surface area contributed by atoms with Gasteiger partial charge >= 0.3 is 0 Å². The van der Waals surface area contributed by atoms with Crippen LogP contribution in [0.3, 0.4) is 0 Å². The van der Waals surface area contributed by atoms with Crippen LogP contribution in [0.5, 0.6) is 0 Å². The molecule has 3 aromatic carbocycles. The highest BCUT2D eigenvalue weighted by atomic mass is 32.1. The lowest BCUT2D eigenvalue weighted by atomic mass is 10.0. The summed E-state index contributed by atoms with van der Waals surface area (Å²) >= 11 is 1.89. The fraction of sp³-hybridized carbons (Fsp3) is 0.100. The Hall–Kier alpha value is -2.32. The summed E-state index contributed by atoms with van der Waals surface area (Å²) in [6.45, 7) is 0. The first-order valence-corrected chi connectivity index (χ1v) is 8.24. The fourth-order valence-electron chi connectivity index (χ4n) is 3.05. The zero-order valence-electron chi connectivity index (χ0n) is 12.7. The predicted molar refractivity (Wildman–Crippen MR) is 99.1 cm³/mol. The number of hydrogen-bond donors (Lipinski definition) is 0. The van der Waals surface area contributed by atoms with Crippen LogP contribution in [0.2, 0.25) is 0 Å². The molecule has 0 saturated heterocycles. The number of thiophene rings is 1. The van der Waals surface area contributed by atoms with Crippen LogP contribution < -0.4 is 4.90 Å². The zero-order chi connectivity index (χ0) is 15.1. The molecule has 0 unspecified atom stereocenters. The Balaban J connectivity index is 2.08. The first-order chi connectivity index (χ1) is 10.8. The number of benzene rings is 3. The van der Waals surface area contributed by atoms with Gasteiger partial charge in [-0.2, -0.15) is 0 Å². The zero-order valence-corrected chi connectivity index (χ0v) is 13.5. The van der Waals surface area contributed by atoms with Crippen molar-refractivity contribution in [2.24, 2.45) is 0 Å². The van der Waals surface area contributed by atoms with Gasteiger partial charge in [0.25, 0.3) is 0 Å². The van der Waals surface area contributed by atoms with E-state index in [1.54, 1.807) is 0 Å². The minimum absolute atomic E-state index is 1.26. The van der Waals surface area contributed by atoms with Crippen LogP contribution in [0.4, 0.5) is 5.69 Å². The molecule has 22 heavy (non-hydrogen) atoms. The Morgan fingerprint density at radius 1 is 0.682 bits per heavy atom. The molecular formula is C20H17NS. The molecule has 0 fully saturated rings. The third-order valence-corrected chi connectivity index (χ3v) is 5.30. The maximum absolute atomic E-state index is 2.24. The molecule has 0 radical (unpaired) electrons. The molecule has 0 aliphatic rings. The van der Waals surface area contributed by atoms with Crippen LogP contribution in [0.25, 0.3) is 31.3 Å². The second-order valence-electron chi connectivity index (χ2n) is 5.69. The van der Waals surface area contributed by atoms with Gasteiger partial charge in [-0.1, -0.05) is 54.6 Å². The quantitative estimate of drug-likeness (QED) is 0.453. The van der Waals surface area contributed by atoms with Crippen molar-refractivity contribution in [2.75, 3.05) is 19.0 Å². The molecule has 0 N–H and O–H groups in total. The van der Waals surface area contributed by atoms with Gasteiger partial charge in [-0.25, -0.2) is 0 Å². The van der Waals surface area contributed by atoms with Crippen LogP contribution >= 0.6 is 11.3 Å². The van der Waals surface area contributed by atoms with Crippen LogP contribution in [0.15, 0.2) is 66.7 Å². The average molecular weight is 303 g/mol. The third kappa shape index (κ3) is 1.99. The Morgan fingerprint density at radius 3 is 2.23 bits per heavy atom. The highest BCUT2D eigenvalue weighted by Crippen LogP contribution is 2.41. The second-order valence-corrected chi connectivity index (χ2v) is 6.74. The topological polar surface area (TPSA) is 3.24 Å². The van der Waals surface area contributed by atoms with Gasteiger partial charge in [0.2, 0.25) is 0 Å². The molecule has 4 rings (SSSR count). The molecule has 1 aromatic heterocycles. The summed E-state index contributed by atoms with van der Waals surface area (Å²) in [5, 5.41) is 2.71. The van der Waals surface area contributed by atoms with Gasteiger partial charge in [0, 0.05) is 51.1 Å². The van der Waals surface area contributed by atoms with E-state index in [0.717, 1.165) is 0 Å². The standard InChI is InChI=1S/C20H17NS/c1-21(2)18-12-5-3-8-14(18)16-10-7-11-17-15-9-4-6-13-19(15)22-20(16)17/h3-13H,1-2H3. The Labute approximate surface area is 134 Å². The van der Waals surface area contributed by atoms with Crippen molar-refractivity contribution < 1.29 is 0 Å². The van der Waals surface area contributed by atoms with Crippen molar-refractivity contribution in [2.45, 2.75) is 0 Å². The molecule has 4 aromatic rings. The van der Waals surface area contributed by atoms with E-state index < -0.39 is 0 Å². The number of fused-ring (bicyclic) bond motifs is 3. The molecule has 0 bridgehead atoms. The Kier molecular flexibility index (Phi) is 3.12. The number of nitrogens with zero attached hydrogens (tertiary/aromatic N) is 1. The number of anilines is 1. The molecule has 1 nitrogen and oxygen atoms in total. The molecule has 0 spiro atoms. The first kappa shape index (κ1) is 13.4. The van der Waals surface area contributed by atoms with Crippen molar-refractivity contribution in [1.29, 1.82) is 0 Å². The smallest absolute Gasteiger partial charge is 0.0441 e. The molecule has 0 amide bonds. The van der Waals surface area contributed by atoms with Gasteiger partial charge in [0.15, 0.2) is 0 Å². The lowest BCUT2D eigenvalue weighted by Crippen LogP contribution is -2.09. The maximum atomic E-state index is 2.24. The number of rotatable bonds is 2. The van der Waals surface area contributed by atoms with Gasteiger partial charge in [0.1, 0.15) is 0 Å². The van der Waals surface area contributed by atoms with Gasteiger partial charge in [-0.05, 0) is 12.1 Å². The molecule has 0 atom stereocenters. The van der Waals surface area contributed by atoms with Crippen molar-refractivity contribution >= 4 is 37.2 Å². The van der Waals surface area contributed by atoms with Crippen LogP contribution in [0, 0.1) is 0 Å². The van der Waals surface area contributed by atoms with E-state index in [0.29, 0.717) is 0 Å². The van der Waals surface area contributed by atoms with Gasteiger partial charge in [-0.3, -0.25) is 0 Å². The molecular weight excluding hydrogens is 286 g/mol. The maximum Gasteiger partial charge on any atom is 0.0441 e. The summed E-state index contributed by atoms with van der Waals surface area (Å²) in [7, 11) is 4.20. The normalized spacial score (nSPS) is 11.2. The van der Waals surface area contributed by atoms with Gasteiger partial charge in [-0.15, -0.1) is 11.3 Å². The van der Waals surface area contributed by atoms with Crippen molar-refractivity contribution in [3.05, 3.63) is 66.7 Å². The second kappa shape index (κ2) is 5.15. The third-order valence-electron chi connectivity index (χ3n) is 4.08. The average Bonchev–Trinajstić information content (AvgIpc) is 2.93. The van der Waals surface area contributed by atoms with E-state index in [1.165, 1.54) is 37.0 Å². The summed E-state index contributed by atoms with van der Waals surface area (Å²) in [6.07, 6.45) is 0. The monoisotopic (exact) mass is 303 g/mol. The van der Waals surface area contributed by atoms with Crippen LogP contribution in [-0.2, 0) is 0 Å². The summed E-state index contributed by atoms with van der Waals surface area (Å²) < 4.78 is 2.73. The summed E-state index contributed by atoms with van der Waals surface area (Å²) in [4.78, 5) is 2.18. The van der Waals surface area contributed by atoms with Gasteiger partial charge < -0.3 is 4.90 Å². The summed E-state index contributed by atoms with van der Waals surface area (Å²) in [5.74, 6) is 0. The molecule has 0 saturated carbocycles. The van der Waals surface area contributed by atoms with Crippen molar-refractivity contribution in [3.63, 3.8) is 0 Å². The lowest BCUT2D eigenvalue weighted by molar-refractivity contribution is 1.13. The molecule has 1 heterocycles. The van der Waals surface area contributed by atoms with Gasteiger partial charge in [0.05, 0.1) is 0 Å². The van der Waals surface area contributed by atoms with E-state index in [4.69, 9.17) is 0 Å². The van der Waals surface area contributed by atoms with Crippen LogP contribution in [0.1, 0.15) is 0 Å². The van der Waals surface area contributed by atoms with E-state index in [9.17, 15) is 0 Å². The minimum Gasteiger partial charge on any atom is -0.377 e. The Bertz CT molecular complexity index is 966.